The zero-order valence-electron chi connectivity index (χ0n) is 22.4. The van der Waals surface area contributed by atoms with Crippen LogP contribution in [0.1, 0.15) is 19.8 Å². The van der Waals surface area contributed by atoms with E-state index >= 15 is 0 Å². The van der Waals surface area contributed by atoms with Crippen LogP contribution in [0.2, 0.25) is 0 Å². The molecule has 0 aromatic rings. The molecule has 0 radical (unpaired) electrons. The molecule has 3 aliphatic rings. The van der Waals surface area contributed by atoms with Gasteiger partial charge in [-0.3, -0.25) is 4.79 Å². The van der Waals surface area contributed by atoms with Crippen LogP contribution in [0.3, 0.4) is 0 Å². The maximum absolute atomic E-state index is 14.0. The highest BCUT2D eigenvalue weighted by Gasteiger charge is 2.52. The van der Waals surface area contributed by atoms with Crippen LogP contribution in [-0.2, 0) is 23.7 Å². The molecule has 1 aliphatic carbocycles. The molecule has 234 valence electrons. The summed E-state index contributed by atoms with van der Waals surface area (Å²) in [4.78, 5) is 12.5. The highest BCUT2D eigenvalue weighted by molar-refractivity contribution is 5.79. The van der Waals surface area contributed by atoms with Crippen molar-refractivity contribution < 1.29 is 58.1 Å². The normalized spacial score (nSPS) is 43.5. The van der Waals surface area contributed by atoms with Gasteiger partial charge in [-0.05, 0) is 26.8 Å². The van der Waals surface area contributed by atoms with E-state index in [-0.39, 0.29) is 25.4 Å². The molecular formula is C23H43F2N5O10. The molecule has 15 nitrogen and oxygen atoms in total. The fourth-order valence-electron chi connectivity index (χ4n) is 5.14. The number of hydrogen-bond acceptors (Lipinski definition) is 14. The van der Waals surface area contributed by atoms with Gasteiger partial charge in [0.2, 0.25) is 5.91 Å². The monoisotopic (exact) mass is 587 g/mol. The van der Waals surface area contributed by atoms with Crippen LogP contribution in [0, 0.1) is 5.92 Å². The van der Waals surface area contributed by atoms with Gasteiger partial charge in [0.25, 0.3) is 5.92 Å². The summed E-state index contributed by atoms with van der Waals surface area (Å²) in [5.41, 5.74) is 16.6. The Hall–Kier alpha value is -1.19. The number of nitrogens with two attached hydrogens (primary N) is 3. The van der Waals surface area contributed by atoms with E-state index in [2.05, 4.69) is 10.6 Å². The topological polar surface area (TPSA) is 257 Å². The van der Waals surface area contributed by atoms with Gasteiger partial charge in [-0.1, -0.05) is 0 Å². The average molecular weight is 588 g/mol. The Kier molecular flexibility index (Phi) is 11.5. The Bertz CT molecular complexity index is 835. The molecule has 1 saturated carbocycles. The van der Waals surface area contributed by atoms with Crippen molar-refractivity contribution in [2.75, 3.05) is 26.7 Å². The van der Waals surface area contributed by atoms with Crippen molar-refractivity contribution >= 4 is 5.91 Å². The number of amides is 1. The molecule has 2 heterocycles. The van der Waals surface area contributed by atoms with E-state index in [0.29, 0.717) is 0 Å². The van der Waals surface area contributed by atoms with Gasteiger partial charge in [0, 0.05) is 12.6 Å². The molecule has 14 atom stereocenters. The van der Waals surface area contributed by atoms with Crippen LogP contribution in [0.15, 0.2) is 0 Å². The summed E-state index contributed by atoms with van der Waals surface area (Å²) in [6, 6.07) is -2.51. The summed E-state index contributed by atoms with van der Waals surface area (Å²) in [7, 11) is 1.64. The summed E-state index contributed by atoms with van der Waals surface area (Å²) >= 11 is 0. The van der Waals surface area contributed by atoms with Crippen LogP contribution in [0.25, 0.3) is 0 Å². The number of aliphatic hydroxyl groups is 5. The summed E-state index contributed by atoms with van der Waals surface area (Å²) in [5, 5.41) is 57.5. The molecule has 0 aromatic carbocycles. The maximum Gasteiger partial charge on any atom is 0.271 e. The molecule has 0 aromatic heterocycles. The lowest BCUT2D eigenvalue weighted by Gasteiger charge is -2.42. The summed E-state index contributed by atoms with van der Waals surface area (Å²) in [5.74, 6) is -6.18. The van der Waals surface area contributed by atoms with E-state index in [1.54, 1.807) is 7.05 Å². The first-order valence-corrected chi connectivity index (χ1v) is 13.3. The number of carbonyl (C=O) groups excluding carboxylic acids is 1. The Balaban J connectivity index is 1.69. The molecule has 17 heteroatoms. The standard InChI is InChI=1S/C23H43F2N5O10/c1-8(23(24,25)7-27)20(36)30-10-3-9(29-2)4-11(15(10)32)37-22-18(35)19(13(6-31)39-22)40-21-14(28)17(34)16(33)12(5-26)38-21/h8-19,21-22,29,31-35H,3-7,26-28H2,1-2H3,(H,30,36)/t8-,9+,10-,11+,12+,13-,14-,15+,16-,17-,18-,19-,21-,22-/m1/s1. The molecular weight excluding hydrogens is 544 g/mol. The number of rotatable bonds is 11. The number of nitrogens with one attached hydrogen (secondary N) is 2. The zero-order chi connectivity index (χ0) is 29.9. The summed E-state index contributed by atoms with van der Waals surface area (Å²) in [6.07, 6.45) is -12.5. The molecule has 3 rings (SSSR count). The third-order valence-corrected chi connectivity index (χ3v) is 7.93. The van der Waals surface area contributed by atoms with Crippen molar-refractivity contribution in [1.82, 2.24) is 10.6 Å². The Labute approximate surface area is 230 Å². The van der Waals surface area contributed by atoms with E-state index in [0.717, 1.165) is 6.92 Å². The SMILES string of the molecule is CN[C@@H]1C[C@H](O[C@@H]2O[C@H](CO)[C@@H](O[C@H]3O[C@@H](CN)[C@@H](O)[C@H](O)[C@H]3N)[C@H]2O)[C@@H](O)[C@H](NC(=O)[C@@H](C)C(F)(F)CN)C1. The Morgan fingerprint density at radius 1 is 1.02 bits per heavy atom. The Morgan fingerprint density at radius 3 is 2.25 bits per heavy atom. The fourth-order valence-corrected chi connectivity index (χ4v) is 5.14. The van der Waals surface area contributed by atoms with E-state index in [1.165, 1.54) is 0 Å². The second-order valence-electron chi connectivity index (χ2n) is 10.6. The highest BCUT2D eigenvalue weighted by atomic mass is 19.3. The lowest BCUT2D eigenvalue weighted by molar-refractivity contribution is -0.280. The van der Waals surface area contributed by atoms with Gasteiger partial charge in [-0.25, -0.2) is 8.78 Å². The van der Waals surface area contributed by atoms with Crippen molar-refractivity contribution in [1.29, 1.82) is 0 Å². The molecule has 13 N–H and O–H groups in total. The molecule has 3 fully saturated rings. The fraction of sp³-hybridized carbons (Fsp3) is 0.957. The highest BCUT2D eigenvalue weighted by Crippen LogP contribution is 2.33. The summed E-state index contributed by atoms with van der Waals surface area (Å²) < 4.78 is 50.7. The third kappa shape index (κ3) is 7.05. The Morgan fingerprint density at radius 2 is 1.68 bits per heavy atom. The van der Waals surface area contributed by atoms with Gasteiger partial charge in [0.1, 0.15) is 42.7 Å². The van der Waals surface area contributed by atoms with Crippen molar-refractivity contribution in [3.63, 3.8) is 0 Å². The van der Waals surface area contributed by atoms with Crippen LogP contribution in [-0.4, -0.2) is 144 Å². The van der Waals surface area contributed by atoms with Crippen LogP contribution < -0.4 is 27.8 Å². The van der Waals surface area contributed by atoms with Crippen molar-refractivity contribution in [2.24, 2.45) is 23.1 Å². The van der Waals surface area contributed by atoms with Crippen LogP contribution >= 0.6 is 0 Å². The number of ether oxygens (including phenoxy) is 4. The molecule has 40 heavy (non-hydrogen) atoms. The minimum absolute atomic E-state index is 0.157. The van der Waals surface area contributed by atoms with Gasteiger partial charge >= 0.3 is 0 Å². The maximum atomic E-state index is 14.0. The largest absolute Gasteiger partial charge is 0.394 e. The average Bonchev–Trinajstić information content (AvgIpc) is 3.23. The number of carbonyl (C=O) groups is 1. The van der Waals surface area contributed by atoms with E-state index in [4.69, 9.17) is 36.1 Å². The first-order valence-electron chi connectivity index (χ1n) is 13.3. The number of aliphatic hydroxyl groups excluding tert-OH is 5. The number of halogens is 2. The van der Waals surface area contributed by atoms with Gasteiger partial charge in [0.05, 0.1) is 37.3 Å². The zero-order valence-corrected chi connectivity index (χ0v) is 22.4. The second kappa shape index (κ2) is 13.9. The van der Waals surface area contributed by atoms with E-state index in [1.807, 2.05) is 0 Å². The molecule has 0 spiro atoms. The van der Waals surface area contributed by atoms with Crippen molar-refractivity contribution in [2.45, 2.75) is 105 Å². The minimum Gasteiger partial charge on any atom is -0.394 e. The molecule has 0 unspecified atom stereocenters. The number of alkyl halides is 2. The van der Waals surface area contributed by atoms with E-state index < -0.39 is 104 Å². The smallest absolute Gasteiger partial charge is 0.271 e. The first kappa shape index (κ1) is 33.3. The lowest BCUT2D eigenvalue weighted by Crippen LogP contribution is -2.64. The minimum atomic E-state index is -3.44. The van der Waals surface area contributed by atoms with E-state index in [9.17, 15) is 39.1 Å². The predicted molar refractivity (Wildman–Crippen MR) is 132 cm³/mol. The van der Waals surface area contributed by atoms with Gasteiger partial charge in [0.15, 0.2) is 12.6 Å². The van der Waals surface area contributed by atoms with Crippen LogP contribution in [0.4, 0.5) is 8.78 Å². The molecule has 1 amide bonds. The molecule has 0 bridgehead atoms. The second-order valence-corrected chi connectivity index (χ2v) is 10.6. The van der Waals surface area contributed by atoms with Gasteiger partial charge in [-0.15, -0.1) is 0 Å². The first-order chi connectivity index (χ1) is 18.8. The van der Waals surface area contributed by atoms with Gasteiger partial charge < -0.3 is 72.3 Å². The van der Waals surface area contributed by atoms with Crippen LogP contribution in [0.5, 0.6) is 0 Å². The molecule has 2 aliphatic heterocycles. The van der Waals surface area contributed by atoms with Crippen molar-refractivity contribution in [3.05, 3.63) is 0 Å². The quantitative estimate of drug-likeness (QED) is 0.109. The lowest BCUT2D eigenvalue weighted by atomic mass is 9.85. The van der Waals surface area contributed by atoms with Gasteiger partial charge in [-0.2, -0.15) is 0 Å². The summed E-state index contributed by atoms with van der Waals surface area (Å²) in [6.45, 7) is -0.755. The molecule has 2 saturated heterocycles. The predicted octanol–water partition coefficient (Wildman–Crippen LogP) is -4.97. The van der Waals surface area contributed by atoms with Crippen molar-refractivity contribution in [3.8, 4) is 0 Å². The number of hydrogen-bond donors (Lipinski definition) is 10. The third-order valence-electron chi connectivity index (χ3n) is 7.93.